The van der Waals surface area contributed by atoms with Crippen molar-refractivity contribution in [1.29, 1.82) is 0 Å². The van der Waals surface area contributed by atoms with Crippen molar-refractivity contribution in [2.24, 2.45) is 0 Å². The third-order valence-electron chi connectivity index (χ3n) is 3.74. The molecule has 94 valence electrons. The fraction of sp³-hybridized carbons (Fsp3) is 0.625. The average molecular weight is 231 g/mol. The molecule has 1 nitrogen and oxygen atoms in total. The maximum atomic E-state index is 3.68. The molecule has 1 N–H and O–H groups in total. The van der Waals surface area contributed by atoms with Gasteiger partial charge in [0.25, 0.3) is 0 Å². The predicted octanol–water partition coefficient (Wildman–Crippen LogP) is 4.68. The highest BCUT2D eigenvalue weighted by molar-refractivity contribution is 5.59. The maximum Gasteiger partial charge on any atom is 0.0382 e. The number of fused-ring (bicyclic) bond motifs is 1. The Balaban J connectivity index is 2.45. The summed E-state index contributed by atoms with van der Waals surface area (Å²) in [5.74, 6) is 0.648. The zero-order valence-corrected chi connectivity index (χ0v) is 12.0. The van der Waals surface area contributed by atoms with E-state index in [4.69, 9.17) is 0 Å². The number of hydrogen-bond acceptors (Lipinski definition) is 1. The minimum Gasteiger partial charge on any atom is -0.380 e. The lowest BCUT2D eigenvalue weighted by atomic mass is 9.79. The van der Waals surface area contributed by atoms with Crippen LogP contribution in [0.3, 0.4) is 0 Å². The van der Waals surface area contributed by atoms with E-state index in [1.807, 2.05) is 0 Å². The van der Waals surface area contributed by atoms with Crippen LogP contribution in [0.1, 0.15) is 65.0 Å². The Bertz CT molecular complexity index is 424. The molecule has 0 aromatic heterocycles. The molecule has 0 saturated heterocycles. The molecule has 2 rings (SSSR count). The molecule has 0 fully saturated rings. The summed E-state index contributed by atoms with van der Waals surface area (Å²) in [6.45, 7) is 13.7. The van der Waals surface area contributed by atoms with Gasteiger partial charge in [-0.2, -0.15) is 0 Å². The first-order valence-corrected chi connectivity index (χ1v) is 6.62. The topological polar surface area (TPSA) is 12.0 Å². The lowest BCUT2D eigenvalue weighted by Gasteiger charge is -2.38. The first-order valence-electron chi connectivity index (χ1n) is 6.62. The predicted molar refractivity (Wildman–Crippen MR) is 75.9 cm³/mol. The average Bonchev–Trinajstić information content (AvgIpc) is 2.13. The van der Waals surface area contributed by atoms with E-state index in [0.29, 0.717) is 5.92 Å². The van der Waals surface area contributed by atoms with Gasteiger partial charge in [-0.05, 0) is 48.8 Å². The van der Waals surface area contributed by atoms with Gasteiger partial charge >= 0.3 is 0 Å². The number of anilines is 1. The van der Waals surface area contributed by atoms with E-state index in [1.165, 1.54) is 23.2 Å². The van der Waals surface area contributed by atoms with E-state index in [-0.39, 0.29) is 11.0 Å². The summed E-state index contributed by atoms with van der Waals surface area (Å²) in [5, 5.41) is 3.68. The Labute approximate surface area is 106 Å². The second-order valence-corrected chi connectivity index (χ2v) is 7.17. The molecule has 17 heavy (non-hydrogen) atoms. The van der Waals surface area contributed by atoms with Crippen molar-refractivity contribution < 1.29 is 0 Å². The Morgan fingerprint density at radius 3 is 2.47 bits per heavy atom. The molecule has 1 aromatic carbocycles. The van der Waals surface area contributed by atoms with Crippen LogP contribution in [-0.2, 0) is 5.41 Å². The van der Waals surface area contributed by atoms with Crippen molar-refractivity contribution in [2.75, 3.05) is 5.32 Å². The number of nitrogens with one attached hydrogen (secondary N) is 1. The molecule has 1 aliphatic rings. The van der Waals surface area contributed by atoms with Crippen LogP contribution in [0.4, 0.5) is 5.69 Å². The number of benzene rings is 1. The molecule has 1 unspecified atom stereocenters. The van der Waals surface area contributed by atoms with Crippen LogP contribution in [0.5, 0.6) is 0 Å². The molecule has 1 heterocycles. The lowest BCUT2D eigenvalue weighted by molar-refractivity contribution is 0.453. The van der Waals surface area contributed by atoms with E-state index in [0.717, 1.165) is 0 Å². The van der Waals surface area contributed by atoms with Gasteiger partial charge in [-0.3, -0.25) is 0 Å². The Kier molecular flexibility index (Phi) is 2.76. The number of hydrogen-bond donors (Lipinski definition) is 1. The highest BCUT2D eigenvalue weighted by Crippen LogP contribution is 2.40. The molecular weight excluding hydrogens is 206 g/mol. The molecule has 0 saturated carbocycles. The largest absolute Gasteiger partial charge is 0.380 e. The van der Waals surface area contributed by atoms with Crippen molar-refractivity contribution >= 4 is 5.69 Å². The monoisotopic (exact) mass is 231 g/mol. The molecule has 1 heteroatoms. The van der Waals surface area contributed by atoms with Gasteiger partial charge < -0.3 is 5.32 Å². The smallest absolute Gasteiger partial charge is 0.0382 e. The summed E-state index contributed by atoms with van der Waals surface area (Å²) in [6.07, 6.45) is 1.20. The van der Waals surface area contributed by atoms with Gasteiger partial charge in [-0.1, -0.05) is 39.8 Å². The van der Waals surface area contributed by atoms with Gasteiger partial charge in [0.05, 0.1) is 0 Å². The van der Waals surface area contributed by atoms with Gasteiger partial charge in [-0.25, -0.2) is 0 Å². The van der Waals surface area contributed by atoms with Gasteiger partial charge in [0, 0.05) is 11.2 Å². The van der Waals surface area contributed by atoms with Gasteiger partial charge in [0.15, 0.2) is 0 Å². The van der Waals surface area contributed by atoms with E-state index in [1.54, 1.807) is 0 Å². The lowest BCUT2D eigenvalue weighted by Crippen LogP contribution is -2.36. The van der Waals surface area contributed by atoms with Crippen LogP contribution in [0.25, 0.3) is 0 Å². The summed E-state index contributed by atoms with van der Waals surface area (Å²) >= 11 is 0. The zero-order chi connectivity index (χ0) is 12.8. The summed E-state index contributed by atoms with van der Waals surface area (Å²) < 4.78 is 0. The molecular formula is C16H25N. The summed E-state index contributed by atoms with van der Waals surface area (Å²) in [7, 11) is 0. The van der Waals surface area contributed by atoms with E-state index >= 15 is 0 Å². The second kappa shape index (κ2) is 3.76. The first kappa shape index (κ1) is 12.5. The maximum absolute atomic E-state index is 3.68. The van der Waals surface area contributed by atoms with Crippen molar-refractivity contribution in [2.45, 2.75) is 64.8 Å². The molecule has 0 bridgehead atoms. The summed E-state index contributed by atoms with van der Waals surface area (Å²) in [5.41, 5.74) is 4.65. The van der Waals surface area contributed by atoms with Crippen LogP contribution in [0, 0.1) is 0 Å². The van der Waals surface area contributed by atoms with Crippen molar-refractivity contribution in [3.05, 3.63) is 29.3 Å². The van der Waals surface area contributed by atoms with Gasteiger partial charge in [0.2, 0.25) is 0 Å². The quantitative estimate of drug-likeness (QED) is 0.683. The Morgan fingerprint density at radius 2 is 1.88 bits per heavy atom. The second-order valence-electron chi connectivity index (χ2n) is 7.17. The summed E-state index contributed by atoms with van der Waals surface area (Å²) in [6, 6.07) is 6.94. The van der Waals surface area contributed by atoms with Crippen LogP contribution in [0.15, 0.2) is 18.2 Å². The highest BCUT2D eigenvalue weighted by Gasteiger charge is 2.29. The van der Waals surface area contributed by atoms with Crippen molar-refractivity contribution in [3.63, 3.8) is 0 Å². The SMILES string of the molecule is CC1CC(C)(C)Nc2cc(C(C)(C)C)ccc21. The first-order chi connectivity index (χ1) is 7.69. The molecule has 1 aromatic rings. The minimum atomic E-state index is 0.211. The van der Waals surface area contributed by atoms with Crippen LogP contribution in [0.2, 0.25) is 0 Å². The van der Waals surface area contributed by atoms with Gasteiger partial charge in [0.1, 0.15) is 0 Å². The fourth-order valence-electron chi connectivity index (χ4n) is 2.85. The van der Waals surface area contributed by atoms with E-state index in [9.17, 15) is 0 Å². The van der Waals surface area contributed by atoms with Crippen molar-refractivity contribution in [3.8, 4) is 0 Å². The molecule has 0 amide bonds. The summed E-state index contributed by atoms with van der Waals surface area (Å²) in [4.78, 5) is 0. The molecule has 0 spiro atoms. The molecule has 1 aliphatic heterocycles. The van der Waals surface area contributed by atoms with Crippen LogP contribution in [-0.4, -0.2) is 5.54 Å². The fourth-order valence-corrected chi connectivity index (χ4v) is 2.85. The minimum absolute atomic E-state index is 0.211. The molecule has 1 atom stereocenters. The highest BCUT2D eigenvalue weighted by atomic mass is 15.0. The van der Waals surface area contributed by atoms with Crippen LogP contribution < -0.4 is 5.32 Å². The standard InChI is InChI=1S/C16H25N/c1-11-10-16(5,6)17-14-9-12(15(2,3)4)7-8-13(11)14/h7-9,11,17H,10H2,1-6H3. The normalized spacial score (nSPS) is 22.8. The van der Waals surface area contributed by atoms with Crippen molar-refractivity contribution in [1.82, 2.24) is 0 Å². The van der Waals surface area contributed by atoms with E-state index in [2.05, 4.69) is 65.1 Å². The van der Waals surface area contributed by atoms with E-state index < -0.39 is 0 Å². The molecule has 0 aliphatic carbocycles. The number of rotatable bonds is 0. The third kappa shape index (κ3) is 2.48. The Morgan fingerprint density at radius 1 is 1.24 bits per heavy atom. The van der Waals surface area contributed by atoms with Gasteiger partial charge in [-0.15, -0.1) is 0 Å². The Hall–Kier alpha value is -0.980. The zero-order valence-electron chi connectivity index (χ0n) is 12.0. The van der Waals surface area contributed by atoms with Crippen LogP contribution >= 0.6 is 0 Å². The molecule has 0 radical (unpaired) electrons. The third-order valence-corrected chi connectivity index (χ3v) is 3.74.